The lowest BCUT2D eigenvalue weighted by Crippen LogP contribution is -2.46. The van der Waals surface area contributed by atoms with Gasteiger partial charge in [0.1, 0.15) is 5.75 Å². The summed E-state index contributed by atoms with van der Waals surface area (Å²) in [7, 11) is 1.71. The Kier molecular flexibility index (Phi) is 4.79. The number of piperazine rings is 1. The van der Waals surface area contributed by atoms with E-state index < -0.39 is 0 Å². The normalized spacial score (nSPS) is 15.2. The van der Waals surface area contributed by atoms with Gasteiger partial charge in [0.25, 0.3) is 0 Å². The van der Waals surface area contributed by atoms with Crippen molar-refractivity contribution in [2.24, 2.45) is 0 Å². The minimum absolute atomic E-state index is 0.584. The second-order valence-corrected chi connectivity index (χ2v) is 6.19. The molecule has 0 unspecified atom stereocenters. The van der Waals surface area contributed by atoms with Crippen molar-refractivity contribution in [2.75, 3.05) is 38.2 Å². The number of para-hydroxylation sites is 2. The highest BCUT2D eigenvalue weighted by Crippen LogP contribution is 2.28. The van der Waals surface area contributed by atoms with Crippen LogP contribution in [0.15, 0.2) is 53.3 Å². The van der Waals surface area contributed by atoms with Crippen LogP contribution in [0.4, 0.5) is 5.69 Å². The van der Waals surface area contributed by atoms with Gasteiger partial charge in [0.2, 0.25) is 11.7 Å². The lowest BCUT2D eigenvalue weighted by Gasteiger charge is -2.35. The molecule has 1 fully saturated rings. The molecule has 7 nitrogen and oxygen atoms in total. The Morgan fingerprint density at radius 3 is 2.69 bits per heavy atom. The van der Waals surface area contributed by atoms with Gasteiger partial charge in [-0.1, -0.05) is 17.3 Å². The van der Waals surface area contributed by atoms with Crippen LogP contribution in [0, 0.1) is 0 Å². The van der Waals surface area contributed by atoms with Gasteiger partial charge >= 0.3 is 0 Å². The Morgan fingerprint density at radius 2 is 1.92 bits per heavy atom. The van der Waals surface area contributed by atoms with Gasteiger partial charge in [-0.05, 0) is 24.3 Å². The smallest absolute Gasteiger partial charge is 0.241 e. The Labute approximate surface area is 152 Å². The molecule has 26 heavy (non-hydrogen) atoms. The topological polar surface area (TPSA) is 67.5 Å². The molecule has 0 aliphatic carbocycles. The van der Waals surface area contributed by atoms with Crippen molar-refractivity contribution in [3.05, 3.63) is 54.7 Å². The van der Waals surface area contributed by atoms with Gasteiger partial charge in [-0.25, -0.2) is 0 Å². The highest BCUT2D eigenvalue weighted by Gasteiger charge is 2.21. The second-order valence-electron chi connectivity index (χ2n) is 6.19. The molecule has 1 aliphatic heterocycles. The summed E-state index contributed by atoms with van der Waals surface area (Å²) in [6.07, 6.45) is 3.46. The van der Waals surface area contributed by atoms with Gasteiger partial charge in [0, 0.05) is 44.1 Å². The fraction of sp³-hybridized carbons (Fsp3) is 0.316. The van der Waals surface area contributed by atoms with Gasteiger partial charge in [0.15, 0.2) is 0 Å². The zero-order valence-electron chi connectivity index (χ0n) is 14.7. The average Bonchev–Trinajstić information content (AvgIpc) is 3.18. The summed E-state index contributed by atoms with van der Waals surface area (Å²) in [6, 6.07) is 11.9. The summed E-state index contributed by atoms with van der Waals surface area (Å²) in [5, 5.41) is 4.06. The number of aromatic nitrogens is 3. The molecule has 0 radical (unpaired) electrons. The first-order valence-electron chi connectivity index (χ1n) is 8.67. The van der Waals surface area contributed by atoms with Crippen LogP contribution in [-0.2, 0) is 6.54 Å². The first-order valence-corrected chi connectivity index (χ1v) is 8.67. The van der Waals surface area contributed by atoms with Crippen molar-refractivity contribution >= 4 is 5.69 Å². The lowest BCUT2D eigenvalue weighted by molar-refractivity contribution is 0.215. The molecule has 0 amide bonds. The number of anilines is 1. The molecule has 7 heteroatoms. The number of pyridine rings is 1. The van der Waals surface area contributed by atoms with E-state index in [1.165, 1.54) is 0 Å². The minimum atomic E-state index is 0.584. The van der Waals surface area contributed by atoms with E-state index >= 15 is 0 Å². The van der Waals surface area contributed by atoms with Crippen molar-refractivity contribution < 1.29 is 9.26 Å². The summed E-state index contributed by atoms with van der Waals surface area (Å²) in [5.74, 6) is 2.13. The molecule has 0 spiro atoms. The fourth-order valence-electron chi connectivity index (χ4n) is 3.16. The van der Waals surface area contributed by atoms with E-state index in [1.54, 1.807) is 19.5 Å². The Morgan fingerprint density at radius 1 is 1.08 bits per heavy atom. The van der Waals surface area contributed by atoms with Gasteiger partial charge in [-0.15, -0.1) is 0 Å². The first kappa shape index (κ1) is 16.5. The second kappa shape index (κ2) is 7.53. The van der Waals surface area contributed by atoms with Crippen LogP contribution in [0.25, 0.3) is 11.4 Å². The van der Waals surface area contributed by atoms with E-state index in [1.807, 2.05) is 30.3 Å². The predicted octanol–water partition coefficient (Wildman–Crippen LogP) is 2.46. The number of ether oxygens (including phenoxy) is 1. The van der Waals surface area contributed by atoms with Crippen molar-refractivity contribution in [3.8, 4) is 17.1 Å². The standard InChI is InChI=1S/C19H21N5O2/c1-25-17-7-3-2-6-16(17)24-11-9-23(10-12-24)14-18-21-19(22-26-18)15-5-4-8-20-13-15/h2-8,13H,9-12,14H2,1H3. The van der Waals surface area contributed by atoms with Gasteiger partial charge in [0.05, 0.1) is 19.3 Å². The average molecular weight is 351 g/mol. The van der Waals surface area contributed by atoms with Crippen molar-refractivity contribution in [1.82, 2.24) is 20.0 Å². The molecular weight excluding hydrogens is 330 g/mol. The summed E-state index contributed by atoms with van der Waals surface area (Å²) in [6.45, 7) is 4.40. The molecule has 0 saturated carbocycles. The maximum atomic E-state index is 5.47. The van der Waals surface area contributed by atoms with Crippen molar-refractivity contribution in [1.29, 1.82) is 0 Å². The number of hydrogen-bond donors (Lipinski definition) is 0. The summed E-state index contributed by atoms with van der Waals surface area (Å²) < 4.78 is 10.9. The lowest BCUT2D eigenvalue weighted by atomic mass is 10.2. The Balaban J connectivity index is 1.36. The SMILES string of the molecule is COc1ccccc1N1CCN(Cc2nc(-c3cccnc3)no2)CC1. The maximum absolute atomic E-state index is 5.47. The molecule has 3 heterocycles. The number of methoxy groups -OCH3 is 1. The van der Waals surface area contributed by atoms with E-state index in [9.17, 15) is 0 Å². The van der Waals surface area contributed by atoms with Gasteiger partial charge < -0.3 is 14.2 Å². The third kappa shape index (κ3) is 3.52. The van der Waals surface area contributed by atoms with Crippen molar-refractivity contribution in [3.63, 3.8) is 0 Å². The van der Waals surface area contributed by atoms with Crippen LogP contribution in [0.3, 0.4) is 0 Å². The third-order valence-corrected chi connectivity index (χ3v) is 4.54. The quantitative estimate of drug-likeness (QED) is 0.699. The van der Waals surface area contributed by atoms with Crippen LogP contribution < -0.4 is 9.64 Å². The van der Waals surface area contributed by atoms with E-state index in [2.05, 4.69) is 31.0 Å². The van der Waals surface area contributed by atoms with E-state index in [0.717, 1.165) is 43.2 Å². The largest absolute Gasteiger partial charge is 0.495 e. The number of rotatable bonds is 5. The van der Waals surface area contributed by atoms with Gasteiger partial charge in [-0.3, -0.25) is 9.88 Å². The fourth-order valence-corrected chi connectivity index (χ4v) is 3.16. The summed E-state index contributed by atoms with van der Waals surface area (Å²) in [5.41, 5.74) is 2.01. The molecular formula is C19H21N5O2. The van der Waals surface area contributed by atoms with Crippen LogP contribution in [0.5, 0.6) is 5.75 Å². The predicted molar refractivity (Wildman–Crippen MR) is 98.0 cm³/mol. The number of nitrogens with zero attached hydrogens (tertiary/aromatic N) is 5. The number of benzene rings is 1. The molecule has 2 aromatic heterocycles. The van der Waals surface area contributed by atoms with Crippen molar-refractivity contribution in [2.45, 2.75) is 6.54 Å². The van der Waals surface area contributed by atoms with E-state index in [-0.39, 0.29) is 0 Å². The molecule has 0 N–H and O–H groups in total. The maximum Gasteiger partial charge on any atom is 0.241 e. The summed E-state index contributed by atoms with van der Waals surface area (Å²) >= 11 is 0. The van der Waals surface area contributed by atoms with Crippen LogP contribution in [0.2, 0.25) is 0 Å². The van der Waals surface area contributed by atoms with E-state index in [0.29, 0.717) is 18.3 Å². The first-order chi connectivity index (χ1) is 12.8. The van der Waals surface area contributed by atoms with Crippen LogP contribution in [-0.4, -0.2) is 53.3 Å². The van der Waals surface area contributed by atoms with E-state index in [4.69, 9.17) is 9.26 Å². The van der Waals surface area contributed by atoms with Gasteiger partial charge in [-0.2, -0.15) is 4.98 Å². The van der Waals surface area contributed by atoms with Crippen LogP contribution in [0.1, 0.15) is 5.89 Å². The third-order valence-electron chi connectivity index (χ3n) is 4.54. The molecule has 0 atom stereocenters. The number of hydrogen-bond acceptors (Lipinski definition) is 7. The molecule has 4 rings (SSSR count). The Bertz CT molecular complexity index is 844. The van der Waals surface area contributed by atoms with Crippen LogP contribution >= 0.6 is 0 Å². The highest BCUT2D eigenvalue weighted by molar-refractivity contribution is 5.58. The molecule has 1 saturated heterocycles. The molecule has 134 valence electrons. The molecule has 1 aliphatic rings. The Hall–Kier alpha value is -2.93. The zero-order valence-corrected chi connectivity index (χ0v) is 14.7. The monoisotopic (exact) mass is 351 g/mol. The zero-order chi connectivity index (χ0) is 17.8. The molecule has 3 aromatic rings. The summed E-state index contributed by atoms with van der Waals surface area (Å²) in [4.78, 5) is 13.3. The highest BCUT2D eigenvalue weighted by atomic mass is 16.5. The molecule has 0 bridgehead atoms. The molecule has 1 aromatic carbocycles. The minimum Gasteiger partial charge on any atom is -0.495 e.